The molecule has 0 heterocycles. The maximum atomic E-state index is 9.11. The normalized spacial score (nSPS) is 39.1. The molecule has 0 saturated heterocycles. The maximum Gasteiger partial charge on any atom is 0.0947 e. The molecule has 0 aromatic heterocycles. The molecular formula is C14H19N. The molecule has 0 N–H and O–H groups in total. The number of hydrogen-bond donors (Lipinski definition) is 0. The van der Waals surface area contributed by atoms with Crippen molar-refractivity contribution in [2.75, 3.05) is 0 Å². The number of fused-ring (bicyclic) bond motifs is 2. The highest BCUT2D eigenvalue weighted by molar-refractivity contribution is 5.32. The highest BCUT2D eigenvalue weighted by atomic mass is 14.5. The van der Waals surface area contributed by atoms with Crippen LogP contribution < -0.4 is 0 Å². The lowest BCUT2D eigenvalue weighted by Gasteiger charge is -2.48. The second-order valence-corrected chi connectivity index (χ2v) is 5.28. The average Bonchev–Trinajstić information content (AvgIpc) is 2.26. The Morgan fingerprint density at radius 3 is 3.00 bits per heavy atom. The van der Waals surface area contributed by atoms with Gasteiger partial charge in [0.05, 0.1) is 6.07 Å². The molecule has 1 nitrogen and oxygen atoms in total. The van der Waals surface area contributed by atoms with E-state index in [0.717, 1.165) is 18.4 Å². The first-order chi connectivity index (χ1) is 7.10. The monoisotopic (exact) mass is 201 g/mol. The summed E-state index contributed by atoms with van der Waals surface area (Å²) >= 11 is 0. The van der Waals surface area contributed by atoms with Gasteiger partial charge in [0.25, 0.3) is 0 Å². The van der Waals surface area contributed by atoms with Crippen molar-refractivity contribution >= 4 is 0 Å². The minimum absolute atomic E-state index is 0.0944. The quantitative estimate of drug-likeness (QED) is 0.467. The van der Waals surface area contributed by atoms with Crippen LogP contribution in [0.25, 0.3) is 0 Å². The van der Waals surface area contributed by atoms with Gasteiger partial charge in [0, 0.05) is 11.0 Å². The van der Waals surface area contributed by atoms with E-state index in [-0.39, 0.29) is 5.41 Å². The minimum atomic E-state index is 0.0944. The molecule has 15 heavy (non-hydrogen) atoms. The molecule has 3 atom stereocenters. The van der Waals surface area contributed by atoms with Crippen LogP contribution in [0.3, 0.4) is 0 Å². The number of rotatable bonds is 1. The first kappa shape index (κ1) is 10.5. The van der Waals surface area contributed by atoms with Crippen molar-refractivity contribution in [1.82, 2.24) is 0 Å². The predicted molar refractivity (Wildman–Crippen MR) is 62.1 cm³/mol. The fourth-order valence-corrected chi connectivity index (χ4v) is 3.31. The third-order valence-electron chi connectivity index (χ3n) is 4.67. The molecule has 0 aromatic carbocycles. The molecule has 1 saturated carbocycles. The SMILES string of the molecule is C=C(C#N)C12CC=C(C)C(CCC1C)C2. The Labute approximate surface area is 92.5 Å². The molecule has 1 fully saturated rings. The van der Waals surface area contributed by atoms with Gasteiger partial charge >= 0.3 is 0 Å². The highest BCUT2D eigenvalue weighted by Gasteiger charge is 2.45. The summed E-state index contributed by atoms with van der Waals surface area (Å²) < 4.78 is 0. The predicted octanol–water partition coefficient (Wildman–Crippen LogP) is 3.84. The van der Waals surface area contributed by atoms with E-state index in [4.69, 9.17) is 5.26 Å². The maximum absolute atomic E-state index is 9.11. The van der Waals surface area contributed by atoms with Gasteiger partial charge in [-0.2, -0.15) is 5.26 Å². The molecular weight excluding hydrogens is 182 g/mol. The fraction of sp³-hybridized carbons (Fsp3) is 0.643. The second-order valence-electron chi connectivity index (χ2n) is 5.28. The largest absolute Gasteiger partial charge is 0.193 e. The Hall–Kier alpha value is -1.03. The number of hydrogen-bond acceptors (Lipinski definition) is 1. The van der Waals surface area contributed by atoms with Crippen LogP contribution in [0.2, 0.25) is 0 Å². The van der Waals surface area contributed by atoms with Crippen molar-refractivity contribution in [3.63, 3.8) is 0 Å². The van der Waals surface area contributed by atoms with E-state index >= 15 is 0 Å². The molecule has 2 aliphatic carbocycles. The Morgan fingerprint density at radius 1 is 1.60 bits per heavy atom. The number of nitriles is 1. The lowest BCUT2D eigenvalue weighted by atomic mass is 9.55. The van der Waals surface area contributed by atoms with Crippen LogP contribution in [0, 0.1) is 28.6 Å². The van der Waals surface area contributed by atoms with Gasteiger partial charge in [-0.15, -0.1) is 0 Å². The van der Waals surface area contributed by atoms with Gasteiger partial charge in [-0.25, -0.2) is 0 Å². The van der Waals surface area contributed by atoms with Crippen molar-refractivity contribution in [2.45, 2.75) is 39.5 Å². The zero-order valence-electron chi connectivity index (χ0n) is 9.71. The topological polar surface area (TPSA) is 23.8 Å². The van der Waals surface area contributed by atoms with Crippen LogP contribution >= 0.6 is 0 Å². The molecule has 80 valence electrons. The molecule has 3 unspecified atom stereocenters. The number of allylic oxidation sites excluding steroid dienone is 3. The second kappa shape index (κ2) is 3.52. The molecule has 2 bridgehead atoms. The van der Waals surface area contributed by atoms with Gasteiger partial charge < -0.3 is 0 Å². The highest BCUT2D eigenvalue weighted by Crippen LogP contribution is 2.54. The van der Waals surface area contributed by atoms with E-state index in [1.165, 1.54) is 18.4 Å². The molecule has 2 rings (SSSR count). The Kier molecular flexibility index (Phi) is 2.46. The fourth-order valence-electron chi connectivity index (χ4n) is 3.31. The van der Waals surface area contributed by atoms with Gasteiger partial charge in [0.2, 0.25) is 0 Å². The van der Waals surface area contributed by atoms with Crippen LogP contribution in [0.1, 0.15) is 39.5 Å². The third kappa shape index (κ3) is 1.44. The van der Waals surface area contributed by atoms with E-state index < -0.39 is 0 Å². The van der Waals surface area contributed by atoms with E-state index in [1.807, 2.05) is 0 Å². The van der Waals surface area contributed by atoms with Crippen LogP contribution in [0.4, 0.5) is 0 Å². The molecule has 0 aliphatic heterocycles. The van der Waals surface area contributed by atoms with E-state index in [0.29, 0.717) is 11.8 Å². The van der Waals surface area contributed by atoms with Crippen LogP contribution in [0.15, 0.2) is 23.8 Å². The summed E-state index contributed by atoms with van der Waals surface area (Å²) in [6.07, 6.45) is 7.07. The summed E-state index contributed by atoms with van der Waals surface area (Å²) in [5, 5.41) is 9.11. The van der Waals surface area contributed by atoms with Crippen LogP contribution in [-0.4, -0.2) is 0 Å². The van der Waals surface area contributed by atoms with Gasteiger partial charge in [-0.3, -0.25) is 0 Å². The van der Waals surface area contributed by atoms with Crippen molar-refractivity contribution in [2.24, 2.45) is 17.3 Å². The first-order valence-electron chi connectivity index (χ1n) is 5.86. The number of nitrogens with zero attached hydrogens (tertiary/aromatic N) is 1. The van der Waals surface area contributed by atoms with Gasteiger partial charge in [0.15, 0.2) is 0 Å². The summed E-state index contributed by atoms with van der Waals surface area (Å²) in [6, 6.07) is 2.30. The smallest absolute Gasteiger partial charge is 0.0947 e. The summed E-state index contributed by atoms with van der Waals surface area (Å²) in [4.78, 5) is 0. The van der Waals surface area contributed by atoms with Gasteiger partial charge in [-0.1, -0.05) is 25.2 Å². The van der Waals surface area contributed by atoms with Crippen molar-refractivity contribution in [3.8, 4) is 6.07 Å². The lowest BCUT2D eigenvalue weighted by Crippen LogP contribution is -2.39. The van der Waals surface area contributed by atoms with Crippen molar-refractivity contribution < 1.29 is 0 Å². The molecule has 0 radical (unpaired) electrons. The van der Waals surface area contributed by atoms with Crippen LogP contribution in [-0.2, 0) is 0 Å². The van der Waals surface area contributed by atoms with Crippen LogP contribution in [0.5, 0.6) is 0 Å². The Bertz CT molecular complexity index is 358. The summed E-state index contributed by atoms with van der Waals surface area (Å²) in [7, 11) is 0. The van der Waals surface area contributed by atoms with E-state index in [9.17, 15) is 0 Å². The minimum Gasteiger partial charge on any atom is -0.193 e. The Morgan fingerprint density at radius 2 is 2.33 bits per heavy atom. The van der Waals surface area contributed by atoms with E-state index in [2.05, 4.69) is 32.6 Å². The van der Waals surface area contributed by atoms with Crippen molar-refractivity contribution in [3.05, 3.63) is 23.8 Å². The molecule has 1 heteroatoms. The third-order valence-corrected chi connectivity index (χ3v) is 4.67. The van der Waals surface area contributed by atoms with Gasteiger partial charge in [-0.05, 0) is 44.4 Å². The summed E-state index contributed by atoms with van der Waals surface area (Å²) in [5.41, 5.74) is 2.43. The average molecular weight is 201 g/mol. The molecule has 0 amide bonds. The zero-order valence-corrected chi connectivity index (χ0v) is 9.71. The zero-order chi connectivity index (χ0) is 11.1. The molecule has 0 spiro atoms. The first-order valence-corrected chi connectivity index (χ1v) is 5.86. The van der Waals surface area contributed by atoms with Gasteiger partial charge in [0.1, 0.15) is 0 Å². The van der Waals surface area contributed by atoms with Crippen molar-refractivity contribution in [1.29, 1.82) is 5.26 Å². The molecule has 0 aromatic rings. The summed E-state index contributed by atoms with van der Waals surface area (Å²) in [5.74, 6) is 1.32. The molecule has 2 aliphatic rings. The standard InChI is InChI=1S/C14H19N/c1-10-6-7-14(12(3)9-15)8-13(10)5-4-11(14)2/h6,11,13H,3-5,7-8H2,1-2H3. The lowest BCUT2D eigenvalue weighted by molar-refractivity contribution is 0.115. The summed E-state index contributed by atoms with van der Waals surface area (Å²) in [6.45, 7) is 8.51. The Balaban J connectivity index is 2.38. The van der Waals surface area contributed by atoms with E-state index in [1.54, 1.807) is 0 Å².